The van der Waals surface area contributed by atoms with Gasteiger partial charge in [-0.3, -0.25) is 0 Å². The van der Waals surface area contributed by atoms with Crippen LogP contribution in [-0.2, 0) is 16.6 Å². The first-order valence-electron chi connectivity index (χ1n) is 6.28. The van der Waals surface area contributed by atoms with Crippen LogP contribution in [0.15, 0.2) is 45.9 Å². The number of hydrogen-bond acceptors (Lipinski definition) is 4. The summed E-state index contributed by atoms with van der Waals surface area (Å²) in [6, 6.07) is 11.3. The van der Waals surface area contributed by atoms with Crippen LogP contribution in [-0.4, -0.2) is 8.42 Å². The van der Waals surface area contributed by atoms with Crippen LogP contribution in [0.1, 0.15) is 29.9 Å². The molecular weight excluding hydrogens is 276 g/mol. The minimum absolute atomic E-state index is 0.137. The number of nitrogens with one attached hydrogen (secondary N) is 1. The molecule has 0 saturated heterocycles. The van der Waals surface area contributed by atoms with Gasteiger partial charge >= 0.3 is 0 Å². The molecule has 3 N–H and O–H groups in total. The highest BCUT2D eigenvalue weighted by atomic mass is 32.2. The number of sulfonamides is 1. The van der Waals surface area contributed by atoms with Crippen molar-refractivity contribution in [2.45, 2.75) is 31.5 Å². The normalized spacial score (nSPS) is 13.3. The molecule has 0 unspecified atom stereocenters. The van der Waals surface area contributed by atoms with Crippen molar-refractivity contribution in [3.8, 4) is 0 Å². The lowest BCUT2D eigenvalue weighted by molar-refractivity contribution is 0.393. The summed E-state index contributed by atoms with van der Waals surface area (Å²) in [5.74, 6) is 0.536. The van der Waals surface area contributed by atoms with E-state index >= 15 is 0 Å². The van der Waals surface area contributed by atoms with E-state index in [1.165, 1.54) is 17.2 Å². The van der Waals surface area contributed by atoms with Crippen LogP contribution in [0.5, 0.6) is 0 Å². The van der Waals surface area contributed by atoms with Crippen molar-refractivity contribution in [2.75, 3.05) is 0 Å². The highest BCUT2D eigenvalue weighted by Crippen LogP contribution is 2.16. The average molecular weight is 294 g/mol. The predicted octanol–water partition coefficient (Wildman–Crippen LogP) is 2.09. The predicted molar refractivity (Wildman–Crippen MR) is 76.5 cm³/mol. The third kappa shape index (κ3) is 3.69. The molecule has 0 aliphatic rings. The van der Waals surface area contributed by atoms with Gasteiger partial charge in [0, 0.05) is 6.04 Å². The number of benzene rings is 1. The molecule has 0 fully saturated rings. The largest absolute Gasteiger partial charge is 0.447 e. The summed E-state index contributed by atoms with van der Waals surface area (Å²) in [6.45, 7) is 4.52. The van der Waals surface area contributed by atoms with Gasteiger partial charge in [0.2, 0.25) is 5.09 Å². The molecule has 2 aromatic rings. The number of furan rings is 1. The van der Waals surface area contributed by atoms with Gasteiger partial charge < -0.3 is 9.73 Å². The van der Waals surface area contributed by atoms with Crippen molar-refractivity contribution >= 4 is 10.0 Å². The molecular formula is C14H18N2O3S. The maximum atomic E-state index is 11.1. The van der Waals surface area contributed by atoms with E-state index in [-0.39, 0.29) is 11.1 Å². The molecule has 5 nitrogen and oxygen atoms in total. The molecule has 0 aliphatic heterocycles. The van der Waals surface area contributed by atoms with E-state index in [1.807, 2.05) is 32.0 Å². The second kappa shape index (κ2) is 5.78. The van der Waals surface area contributed by atoms with Gasteiger partial charge in [-0.05, 0) is 31.5 Å². The summed E-state index contributed by atoms with van der Waals surface area (Å²) in [4.78, 5) is 0. The summed E-state index contributed by atoms with van der Waals surface area (Å²) in [5, 5.41) is 8.06. The first-order chi connectivity index (χ1) is 9.36. The van der Waals surface area contributed by atoms with E-state index in [2.05, 4.69) is 11.4 Å². The Morgan fingerprint density at radius 1 is 1.30 bits per heavy atom. The molecule has 1 heterocycles. The van der Waals surface area contributed by atoms with Gasteiger partial charge in [0.15, 0.2) is 0 Å². The molecule has 108 valence electrons. The Bertz CT molecular complexity index is 692. The lowest BCUT2D eigenvalue weighted by Crippen LogP contribution is -2.17. The van der Waals surface area contributed by atoms with E-state index in [0.29, 0.717) is 12.3 Å². The molecule has 0 saturated carbocycles. The van der Waals surface area contributed by atoms with Crippen molar-refractivity contribution in [3.05, 3.63) is 53.3 Å². The van der Waals surface area contributed by atoms with Gasteiger partial charge in [-0.15, -0.1) is 0 Å². The summed E-state index contributed by atoms with van der Waals surface area (Å²) in [6.07, 6.45) is 0. The van der Waals surface area contributed by atoms with Gasteiger partial charge in [-0.25, -0.2) is 13.6 Å². The SMILES string of the molecule is Cc1cccc([C@H](C)NCc2ccc(S(N)(=O)=O)o2)c1. The molecule has 6 heteroatoms. The fourth-order valence-electron chi connectivity index (χ4n) is 1.92. The Hall–Kier alpha value is -1.63. The molecule has 1 aromatic carbocycles. The van der Waals surface area contributed by atoms with E-state index in [0.717, 1.165) is 0 Å². The van der Waals surface area contributed by atoms with Crippen molar-refractivity contribution in [1.29, 1.82) is 0 Å². The van der Waals surface area contributed by atoms with E-state index in [9.17, 15) is 8.42 Å². The smallest absolute Gasteiger partial charge is 0.271 e. The fourth-order valence-corrected chi connectivity index (χ4v) is 2.40. The molecule has 1 aromatic heterocycles. The molecule has 2 rings (SSSR count). The Morgan fingerprint density at radius 3 is 2.65 bits per heavy atom. The van der Waals surface area contributed by atoms with Gasteiger partial charge in [0.1, 0.15) is 5.76 Å². The number of rotatable bonds is 5. The van der Waals surface area contributed by atoms with Crippen molar-refractivity contribution in [1.82, 2.24) is 5.32 Å². The van der Waals surface area contributed by atoms with Crippen LogP contribution < -0.4 is 10.5 Å². The highest BCUT2D eigenvalue weighted by Gasteiger charge is 2.13. The lowest BCUT2D eigenvalue weighted by atomic mass is 10.1. The number of hydrogen-bond donors (Lipinski definition) is 2. The van der Waals surface area contributed by atoms with Crippen LogP contribution in [0.4, 0.5) is 0 Å². The standard InChI is InChI=1S/C14H18N2O3S/c1-10-4-3-5-12(8-10)11(2)16-9-13-6-7-14(19-13)20(15,17)18/h3-8,11,16H,9H2,1-2H3,(H2,15,17,18)/t11-/m0/s1. The summed E-state index contributed by atoms with van der Waals surface area (Å²) in [7, 11) is -3.77. The van der Waals surface area contributed by atoms with Crippen molar-refractivity contribution in [3.63, 3.8) is 0 Å². The molecule has 0 spiro atoms. The highest BCUT2D eigenvalue weighted by molar-refractivity contribution is 7.89. The second-order valence-electron chi connectivity index (χ2n) is 4.78. The lowest BCUT2D eigenvalue weighted by Gasteiger charge is -2.13. The van der Waals surface area contributed by atoms with Crippen molar-refractivity contribution < 1.29 is 12.8 Å². The second-order valence-corrected chi connectivity index (χ2v) is 6.27. The zero-order chi connectivity index (χ0) is 14.8. The maximum absolute atomic E-state index is 11.1. The van der Waals surface area contributed by atoms with Gasteiger partial charge in [-0.2, -0.15) is 0 Å². The molecule has 0 aliphatic carbocycles. The first-order valence-corrected chi connectivity index (χ1v) is 7.82. The quantitative estimate of drug-likeness (QED) is 0.884. The Morgan fingerprint density at radius 2 is 2.05 bits per heavy atom. The minimum Gasteiger partial charge on any atom is -0.447 e. The molecule has 0 radical (unpaired) electrons. The van der Waals surface area contributed by atoms with Crippen molar-refractivity contribution in [2.24, 2.45) is 5.14 Å². The Balaban J connectivity index is 2.00. The summed E-state index contributed by atoms with van der Waals surface area (Å²) >= 11 is 0. The third-order valence-corrected chi connectivity index (χ3v) is 3.82. The fraction of sp³-hybridized carbons (Fsp3) is 0.286. The minimum atomic E-state index is -3.77. The van der Waals surface area contributed by atoms with Gasteiger partial charge in [0.05, 0.1) is 6.54 Å². The third-order valence-electron chi connectivity index (χ3n) is 3.04. The van der Waals surface area contributed by atoms with Gasteiger partial charge in [-0.1, -0.05) is 29.8 Å². The van der Waals surface area contributed by atoms with E-state index in [1.54, 1.807) is 6.07 Å². The molecule has 0 bridgehead atoms. The summed E-state index contributed by atoms with van der Waals surface area (Å²) in [5.41, 5.74) is 2.37. The van der Waals surface area contributed by atoms with Gasteiger partial charge in [0.25, 0.3) is 10.0 Å². The van der Waals surface area contributed by atoms with Crippen LogP contribution in [0.25, 0.3) is 0 Å². The van der Waals surface area contributed by atoms with Crippen LogP contribution in [0.2, 0.25) is 0 Å². The maximum Gasteiger partial charge on any atom is 0.271 e. The Labute approximate surface area is 118 Å². The summed E-state index contributed by atoms with van der Waals surface area (Å²) < 4.78 is 27.4. The van der Waals surface area contributed by atoms with Crippen LogP contribution in [0.3, 0.4) is 0 Å². The van der Waals surface area contributed by atoms with E-state index in [4.69, 9.17) is 9.56 Å². The Kier molecular flexibility index (Phi) is 4.27. The molecule has 0 amide bonds. The number of aryl methyl sites for hydroxylation is 1. The number of nitrogens with two attached hydrogens (primary N) is 1. The topological polar surface area (TPSA) is 85.3 Å². The zero-order valence-corrected chi connectivity index (χ0v) is 12.3. The average Bonchev–Trinajstić information content (AvgIpc) is 2.84. The molecule has 1 atom stereocenters. The zero-order valence-electron chi connectivity index (χ0n) is 11.5. The van der Waals surface area contributed by atoms with Crippen LogP contribution >= 0.6 is 0 Å². The first kappa shape index (κ1) is 14.8. The van der Waals surface area contributed by atoms with E-state index < -0.39 is 10.0 Å². The monoisotopic (exact) mass is 294 g/mol. The molecule has 20 heavy (non-hydrogen) atoms. The number of primary sulfonamides is 1. The van der Waals surface area contributed by atoms with Crippen LogP contribution in [0, 0.1) is 6.92 Å².